The fourth-order valence-corrected chi connectivity index (χ4v) is 4.41. The van der Waals surface area contributed by atoms with Gasteiger partial charge in [0.05, 0.1) is 5.52 Å². The van der Waals surface area contributed by atoms with Crippen molar-refractivity contribution < 1.29 is 8.78 Å². The maximum absolute atomic E-state index is 13.8. The Morgan fingerprint density at radius 1 is 1.09 bits per heavy atom. The second-order valence-electron chi connectivity index (χ2n) is 8.32. The highest BCUT2D eigenvalue weighted by Crippen LogP contribution is 2.32. The van der Waals surface area contributed by atoms with Crippen molar-refractivity contribution in [3.05, 3.63) is 69.4 Å². The number of aromatic nitrogens is 3. The number of aryl methyl sites for hydroxylation is 1. The van der Waals surface area contributed by atoms with Gasteiger partial charge < -0.3 is 9.74 Å². The fraction of sp³-hybridized carbons (Fsp3) is 0.391. The van der Waals surface area contributed by atoms with Crippen LogP contribution >= 0.6 is 0 Å². The van der Waals surface area contributed by atoms with Gasteiger partial charge in [-0.25, -0.2) is 13.6 Å². The molecule has 0 spiro atoms. The first-order valence-corrected chi connectivity index (χ1v) is 10.4. The molecule has 32 heavy (non-hydrogen) atoms. The van der Waals surface area contributed by atoms with Crippen LogP contribution in [0.25, 0.3) is 15.9 Å². The molecular formula is C23H24F2N6O. The van der Waals surface area contributed by atoms with Gasteiger partial charge in [0.25, 0.3) is 5.82 Å². The Labute approximate surface area is 184 Å². The molecule has 1 unspecified atom stereocenters. The molecule has 7 nitrogen and oxygen atoms in total. The molecule has 1 saturated heterocycles. The van der Waals surface area contributed by atoms with Gasteiger partial charge >= 0.3 is 5.69 Å². The highest BCUT2D eigenvalue weighted by atomic mass is 19.2. The van der Waals surface area contributed by atoms with Crippen molar-refractivity contribution in [2.45, 2.75) is 38.9 Å². The number of anilines is 1. The van der Waals surface area contributed by atoms with Crippen LogP contribution in [0, 0.1) is 18.2 Å². The van der Waals surface area contributed by atoms with Crippen LogP contribution in [-0.4, -0.2) is 44.6 Å². The molecule has 1 fully saturated rings. The van der Waals surface area contributed by atoms with E-state index in [1.54, 1.807) is 25.2 Å². The molecule has 4 rings (SSSR count). The molecule has 0 bridgehead atoms. The minimum atomic E-state index is -0.859. The van der Waals surface area contributed by atoms with Crippen LogP contribution < -0.4 is 10.6 Å². The molecule has 166 valence electrons. The monoisotopic (exact) mass is 438 g/mol. The molecule has 2 aromatic heterocycles. The Kier molecular flexibility index (Phi) is 5.65. The number of piperazine rings is 1. The van der Waals surface area contributed by atoms with Gasteiger partial charge in [0.15, 0.2) is 17.5 Å². The highest BCUT2D eigenvalue weighted by molar-refractivity contribution is 5.87. The molecule has 0 saturated carbocycles. The number of hydrogen-bond acceptors (Lipinski definition) is 5. The Hall–Kier alpha value is -3.38. The zero-order valence-electron chi connectivity index (χ0n) is 18.4. The smallest absolute Gasteiger partial charge is 0.350 e. The Balaban J connectivity index is 1.69. The third-order valence-electron chi connectivity index (χ3n) is 6.27. The average molecular weight is 438 g/mol. The van der Waals surface area contributed by atoms with Crippen LogP contribution in [0.2, 0.25) is 0 Å². The molecule has 9 heteroatoms. The van der Waals surface area contributed by atoms with Gasteiger partial charge in [0.1, 0.15) is 0 Å². The topological polar surface area (TPSA) is 58.6 Å². The van der Waals surface area contributed by atoms with Crippen molar-refractivity contribution in [3.63, 3.8) is 0 Å². The van der Waals surface area contributed by atoms with E-state index in [1.165, 1.54) is 10.6 Å². The van der Waals surface area contributed by atoms with Crippen LogP contribution in [0.1, 0.15) is 32.4 Å². The number of hydrogen-bond donors (Lipinski definition) is 0. The minimum absolute atomic E-state index is 0.0276. The maximum Gasteiger partial charge on any atom is 0.350 e. The molecule has 0 amide bonds. The van der Waals surface area contributed by atoms with E-state index in [-0.39, 0.29) is 29.6 Å². The third-order valence-corrected chi connectivity index (χ3v) is 6.27. The second-order valence-corrected chi connectivity index (χ2v) is 8.32. The number of pyridine rings is 1. The zero-order valence-corrected chi connectivity index (χ0v) is 18.4. The van der Waals surface area contributed by atoms with E-state index in [0.717, 1.165) is 6.07 Å². The SMILES string of the molecule is [C-]#[N+]c1ccc2c(n1)c(N1C[C@@H](C)N(C(C)c3ccc(F)c(F)c3)C[C@@H]1C)nc(=O)n2C. The molecular weight excluding hydrogens is 414 g/mol. The van der Waals surface area contributed by atoms with Gasteiger partial charge in [-0.05, 0) is 50.6 Å². The number of rotatable bonds is 3. The quantitative estimate of drug-likeness (QED) is 0.582. The van der Waals surface area contributed by atoms with E-state index in [2.05, 4.69) is 26.6 Å². The fourth-order valence-electron chi connectivity index (χ4n) is 4.41. The molecule has 3 aromatic rings. The van der Waals surface area contributed by atoms with Crippen LogP contribution in [0.5, 0.6) is 0 Å². The lowest BCUT2D eigenvalue weighted by Crippen LogP contribution is -2.57. The lowest BCUT2D eigenvalue weighted by Gasteiger charge is -2.47. The second kappa shape index (κ2) is 8.28. The van der Waals surface area contributed by atoms with E-state index in [0.29, 0.717) is 35.5 Å². The molecule has 3 heterocycles. The van der Waals surface area contributed by atoms with Crippen molar-refractivity contribution in [1.29, 1.82) is 0 Å². The summed E-state index contributed by atoms with van der Waals surface area (Å²) in [6.45, 7) is 14.5. The van der Waals surface area contributed by atoms with Gasteiger partial charge in [0.2, 0.25) is 5.52 Å². The van der Waals surface area contributed by atoms with Gasteiger partial charge in [-0.15, -0.1) is 4.98 Å². The molecule has 0 radical (unpaired) electrons. The minimum Gasteiger partial charge on any atom is -0.361 e. The zero-order chi connectivity index (χ0) is 23.2. The lowest BCUT2D eigenvalue weighted by atomic mass is 10.0. The largest absolute Gasteiger partial charge is 0.361 e. The first-order chi connectivity index (χ1) is 15.2. The molecule has 1 aliphatic rings. The number of nitrogens with zero attached hydrogens (tertiary/aromatic N) is 6. The summed E-state index contributed by atoms with van der Waals surface area (Å²) >= 11 is 0. The van der Waals surface area contributed by atoms with Gasteiger partial charge in [-0.2, -0.15) is 4.98 Å². The summed E-state index contributed by atoms with van der Waals surface area (Å²) in [6, 6.07) is 7.21. The lowest BCUT2D eigenvalue weighted by molar-refractivity contribution is 0.119. The van der Waals surface area contributed by atoms with Crippen molar-refractivity contribution in [3.8, 4) is 0 Å². The number of fused-ring (bicyclic) bond motifs is 1. The van der Waals surface area contributed by atoms with Crippen molar-refractivity contribution in [2.24, 2.45) is 7.05 Å². The van der Waals surface area contributed by atoms with Crippen LogP contribution in [0.4, 0.5) is 20.4 Å². The Morgan fingerprint density at radius 2 is 1.84 bits per heavy atom. The van der Waals surface area contributed by atoms with E-state index in [1.807, 2.05) is 18.7 Å². The van der Waals surface area contributed by atoms with E-state index in [9.17, 15) is 13.6 Å². The summed E-state index contributed by atoms with van der Waals surface area (Å²) in [5, 5.41) is 0. The normalized spacial score (nSPS) is 20.3. The Morgan fingerprint density at radius 3 is 2.53 bits per heavy atom. The summed E-state index contributed by atoms with van der Waals surface area (Å²) in [5.41, 5.74) is 1.45. The first-order valence-electron chi connectivity index (χ1n) is 10.4. The number of benzene rings is 1. The van der Waals surface area contributed by atoms with Crippen molar-refractivity contribution >= 4 is 22.7 Å². The van der Waals surface area contributed by atoms with Gasteiger partial charge in [-0.1, -0.05) is 12.6 Å². The summed E-state index contributed by atoms with van der Waals surface area (Å²) in [7, 11) is 1.63. The van der Waals surface area contributed by atoms with E-state index in [4.69, 9.17) is 6.57 Å². The summed E-state index contributed by atoms with van der Waals surface area (Å²) in [6.07, 6.45) is 0. The summed E-state index contributed by atoms with van der Waals surface area (Å²) in [4.78, 5) is 28.9. The molecule has 1 aliphatic heterocycles. The maximum atomic E-state index is 13.8. The van der Waals surface area contributed by atoms with E-state index >= 15 is 0 Å². The van der Waals surface area contributed by atoms with Crippen LogP contribution in [-0.2, 0) is 7.05 Å². The van der Waals surface area contributed by atoms with Gasteiger partial charge in [-0.3, -0.25) is 9.47 Å². The van der Waals surface area contributed by atoms with Crippen LogP contribution in [0.3, 0.4) is 0 Å². The molecule has 1 aromatic carbocycles. The van der Waals surface area contributed by atoms with Gasteiger partial charge in [0, 0.05) is 38.3 Å². The first kappa shape index (κ1) is 21.8. The highest BCUT2D eigenvalue weighted by Gasteiger charge is 2.35. The third kappa shape index (κ3) is 3.71. The van der Waals surface area contributed by atoms with Crippen molar-refractivity contribution in [2.75, 3.05) is 18.0 Å². The standard InChI is InChI=1S/C23H24F2N6O/c1-13-12-31(14(2)11-30(13)15(3)16-6-7-17(24)18(25)10-16)22-21-19(29(5)23(32)28-22)8-9-20(26-4)27-21/h6-10,13-15H,11-12H2,1-3,5H3/t13-,14+,15?/m1/s1. The molecule has 0 N–H and O–H groups in total. The predicted octanol–water partition coefficient (Wildman–Crippen LogP) is 3.82. The molecule has 0 aliphatic carbocycles. The van der Waals surface area contributed by atoms with Crippen LogP contribution in [0.15, 0.2) is 35.1 Å². The Bertz CT molecular complexity index is 1280. The van der Waals surface area contributed by atoms with Crippen molar-refractivity contribution in [1.82, 2.24) is 19.4 Å². The summed E-state index contributed by atoms with van der Waals surface area (Å²) in [5.74, 6) is -1.01. The van der Waals surface area contributed by atoms with E-state index < -0.39 is 11.6 Å². The predicted molar refractivity (Wildman–Crippen MR) is 119 cm³/mol. The number of halogens is 2. The summed E-state index contributed by atoms with van der Waals surface area (Å²) < 4.78 is 28.6. The molecule has 3 atom stereocenters. The average Bonchev–Trinajstić information content (AvgIpc) is 2.78.